The van der Waals surface area contributed by atoms with Crippen LogP contribution < -0.4 is 0 Å². The highest BCUT2D eigenvalue weighted by atomic mass is 28.2. The van der Waals surface area contributed by atoms with Gasteiger partial charge in [0.1, 0.15) is 0 Å². The van der Waals surface area contributed by atoms with E-state index in [4.69, 9.17) is 13.9 Å². The van der Waals surface area contributed by atoms with Crippen LogP contribution in [0.5, 0.6) is 0 Å². The summed E-state index contributed by atoms with van der Waals surface area (Å²) in [6.07, 6.45) is -0.855. The van der Waals surface area contributed by atoms with E-state index >= 15 is 0 Å². The molecule has 129 valence electrons. The SMILES string of the molecule is CC(C)OC(CCc1cc(F)c(F)c(F)c1F)(O[Si])OC(C)C. The van der Waals surface area contributed by atoms with Gasteiger partial charge in [-0.3, -0.25) is 0 Å². The molecule has 0 N–H and O–H groups in total. The topological polar surface area (TPSA) is 27.7 Å². The van der Waals surface area contributed by atoms with Crippen molar-refractivity contribution < 1.29 is 31.5 Å². The fourth-order valence-electron chi connectivity index (χ4n) is 2.05. The van der Waals surface area contributed by atoms with Gasteiger partial charge in [-0.05, 0) is 45.7 Å². The van der Waals surface area contributed by atoms with E-state index in [0.717, 1.165) is 0 Å². The van der Waals surface area contributed by atoms with Crippen molar-refractivity contribution in [3.8, 4) is 0 Å². The molecule has 1 rings (SSSR count). The molecule has 0 unspecified atom stereocenters. The summed E-state index contributed by atoms with van der Waals surface area (Å²) < 4.78 is 69.5. The first-order valence-electron chi connectivity index (χ1n) is 7.14. The summed E-state index contributed by atoms with van der Waals surface area (Å²) in [6, 6.07) is 0.608. The first-order chi connectivity index (χ1) is 10.6. The fraction of sp³-hybridized carbons (Fsp3) is 0.600. The van der Waals surface area contributed by atoms with Crippen molar-refractivity contribution in [2.24, 2.45) is 0 Å². The van der Waals surface area contributed by atoms with Gasteiger partial charge in [0.25, 0.3) is 16.5 Å². The van der Waals surface area contributed by atoms with Crippen LogP contribution in [0.1, 0.15) is 39.7 Å². The highest BCUT2D eigenvalue weighted by Crippen LogP contribution is 2.27. The van der Waals surface area contributed by atoms with Gasteiger partial charge in [0, 0.05) is 6.42 Å². The lowest BCUT2D eigenvalue weighted by Crippen LogP contribution is -2.43. The molecule has 0 aliphatic rings. The number of ether oxygens (including phenoxy) is 2. The summed E-state index contributed by atoms with van der Waals surface area (Å²) in [6.45, 7) is 6.95. The van der Waals surface area contributed by atoms with E-state index < -0.39 is 29.2 Å². The highest BCUT2D eigenvalue weighted by molar-refractivity contribution is 5.98. The second-order valence-electron chi connectivity index (χ2n) is 5.58. The number of aryl methyl sites for hydroxylation is 1. The van der Waals surface area contributed by atoms with Crippen LogP contribution in [0.15, 0.2) is 6.07 Å². The Bertz CT molecular complexity index is 528. The molecule has 0 spiro atoms. The minimum atomic E-state index is -1.85. The minimum absolute atomic E-state index is 0.0751. The van der Waals surface area contributed by atoms with Gasteiger partial charge < -0.3 is 13.9 Å². The fourth-order valence-corrected chi connectivity index (χ4v) is 2.25. The third-order valence-corrected chi connectivity index (χ3v) is 3.18. The third-order valence-electron chi connectivity index (χ3n) is 2.86. The molecule has 0 fully saturated rings. The smallest absolute Gasteiger partial charge is 0.273 e. The number of hydrogen-bond acceptors (Lipinski definition) is 3. The Hall–Kier alpha value is -0.963. The molecule has 0 aromatic heterocycles. The monoisotopic (exact) mass is 351 g/mol. The Kier molecular flexibility index (Phi) is 7.18. The quantitative estimate of drug-likeness (QED) is 0.235. The molecule has 0 heterocycles. The molecule has 0 saturated heterocycles. The summed E-state index contributed by atoms with van der Waals surface area (Å²) >= 11 is 0. The minimum Gasteiger partial charge on any atom is -0.371 e. The molecule has 3 radical (unpaired) electrons. The van der Waals surface area contributed by atoms with Crippen LogP contribution in [0, 0.1) is 23.3 Å². The highest BCUT2D eigenvalue weighted by Gasteiger charge is 2.35. The summed E-state index contributed by atoms with van der Waals surface area (Å²) in [5.41, 5.74) is -0.339. The number of rotatable bonds is 8. The van der Waals surface area contributed by atoms with E-state index in [0.29, 0.717) is 6.07 Å². The zero-order valence-electron chi connectivity index (χ0n) is 13.4. The van der Waals surface area contributed by atoms with Crippen LogP contribution in [0.4, 0.5) is 17.6 Å². The molecule has 23 heavy (non-hydrogen) atoms. The van der Waals surface area contributed by atoms with Crippen molar-refractivity contribution in [3.05, 3.63) is 34.9 Å². The standard InChI is InChI=1S/C15H19F4O3Si/c1-8(2)20-15(22-23,21-9(3)4)6-5-10-7-11(16)13(18)14(19)12(10)17/h7-9H,5-6H2,1-4H3. The van der Waals surface area contributed by atoms with E-state index in [9.17, 15) is 17.6 Å². The third kappa shape index (κ3) is 5.27. The summed E-state index contributed by atoms with van der Waals surface area (Å²) in [5.74, 6) is -8.17. The van der Waals surface area contributed by atoms with Crippen LogP contribution in [-0.2, 0) is 20.3 Å². The molecule has 0 aliphatic carbocycles. The molecule has 0 aliphatic heterocycles. The van der Waals surface area contributed by atoms with E-state index in [2.05, 4.69) is 10.5 Å². The second kappa shape index (κ2) is 8.23. The molecule has 3 nitrogen and oxygen atoms in total. The number of benzene rings is 1. The molecular formula is C15H19F4O3Si. The largest absolute Gasteiger partial charge is 0.371 e. The van der Waals surface area contributed by atoms with Gasteiger partial charge in [0.2, 0.25) is 0 Å². The Balaban J connectivity index is 3.02. The van der Waals surface area contributed by atoms with Crippen LogP contribution in [0.2, 0.25) is 0 Å². The Labute approximate surface area is 136 Å². The maximum absolute atomic E-state index is 13.7. The van der Waals surface area contributed by atoms with Gasteiger partial charge in [0.15, 0.2) is 23.3 Å². The second-order valence-corrected chi connectivity index (χ2v) is 5.78. The van der Waals surface area contributed by atoms with Gasteiger partial charge in [-0.25, -0.2) is 17.6 Å². The van der Waals surface area contributed by atoms with E-state index in [1.807, 2.05) is 0 Å². The van der Waals surface area contributed by atoms with Gasteiger partial charge in [0.05, 0.1) is 12.2 Å². The van der Waals surface area contributed by atoms with Crippen molar-refractivity contribution in [3.63, 3.8) is 0 Å². The summed E-state index contributed by atoms with van der Waals surface area (Å²) in [4.78, 5) is 0. The normalized spacial score (nSPS) is 12.5. The Morgan fingerprint density at radius 2 is 1.48 bits per heavy atom. The van der Waals surface area contributed by atoms with Crippen molar-refractivity contribution in [1.82, 2.24) is 0 Å². The van der Waals surface area contributed by atoms with E-state index in [1.165, 1.54) is 0 Å². The molecule has 1 aromatic carbocycles. The zero-order chi connectivity index (χ0) is 17.8. The number of hydrogen-bond donors (Lipinski definition) is 0. The molecule has 0 atom stereocenters. The van der Waals surface area contributed by atoms with Crippen LogP contribution in [-0.4, -0.2) is 28.7 Å². The zero-order valence-corrected chi connectivity index (χ0v) is 14.4. The van der Waals surface area contributed by atoms with Crippen molar-refractivity contribution in [2.75, 3.05) is 0 Å². The Morgan fingerprint density at radius 3 is 1.91 bits per heavy atom. The van der Waals surface area contributed by atoms with Crippen LogP contribution >= 0.6 is 0 Å². The van der Waals surface area contributed by atoms with E-state index in [1.54, 1.807) is 27.7 Å². The van der Waals surface area contributed by atoms with Gasteiger partial charge in [-0.15, -0.1) is 0 Å². The molecule has 0 bridgehead atoms. The van der Waals surface area contributed by atoms with Crippen LogP contribution in [0.25, 0.3) is 0 Å². The predicted octanol–water partition coefficient (Wildman–Crippen LogP) is 3.78. The Morgan fingerprint density at radius 1 is 0.957 bits per heavy atom. The van der Waals surface area contributed by atoms with Gasteiger partial charge in [-0.2, -0.15) is 0 Å². The molecule has 8 heteroatoms. The average molecular weight is 351 g/mol. The molecular weight excluding hydrogens is 332 g/mol. The van der Waals surface area contributed by atoms with Crippen LogP contribution in [0.3, 0.4) is 0 Å². The lowest BCUT2D eigenvalue weighted by Gasteiger charge is -2.35. The average Bonchev–Trinajstić information content (AvgIpc) is 2.46. The molecule has 0 saturated carbocycles. The lowest BCUT2D eigenvalue weighted by atomic mass is 10.1. The predicted molar refractivity (Wildman–Crippen MR) is 76.6 cm³/mol. The molecule has 0 amide bonds. The van der Waals surface area contributed by atoms with Crippen molar-refractivity contribution >= 4 is 10.5 Å². The summed E-state index contributed by atoms with van der Waals surface area (Å²) in [7, 11) is 2.86. The first-order valence-corrected chi connectivity index (χ1v) is 7.55. The van der Waals surface area contributed by atoms with Gasteiger partial charge >= 0.3 is 0 Å². The molecule has 1 aromatic rings. The van der Waals surface area contributed by atoms with Gasteiger partial charge in [-0.1, -0.05) is 0 Å². The maximum Gasteiger partial charge on any atom is 0.273 e. The maximum atomic E-state index is 13.7. The lowest BCUT2D eigenvalue weighted by molar-refractivity contribution is -0.368. The van der Waals surface area contributed by atoms with E-state index in [-0.39, 0.29) is 30.6 Å². The van der Waals surface area contributed by atoms with Crippen molar-refractivity contribution in [2.45, 2.75) is 58.7 Å². The van der Waals surface area contributed by atoms with Crippen molar-refractivity contribution in [1.29, 1.82) is 0 Å². The number of halogens is 4. The summed E-state index contributed by atoms with van der Waals surface area (Å²) in [5, 5.41) is 0. The first kappa shape index (κ1) is 20.1.